The topological polar surface area (TPSA) is 18.5 Å². The molecule has 0 atom stereocenters. The van der Waals surface area contributed by atoms with Crippen LogP contribution < -0.4 is 9.47 Å². The molecule has 0 spiro atoms. The normalized spacial score (nSPS) is 10.8. The predicted molar refractivity (Wildman–Crippen MR) is 104 cm³/mol. The molecule has 0 N–H and O–H groups in total. The minimum absolute atomic E-state index is 0.188. The first-order chi connectivity index (χ1) is 13.3. The van der Waals surface area contributed by atoms with Gasteiger partial charge in [-0.15, -0.1) is 0 Å². The zero-order valence-corrected chi connectivity index (χ0v) is 15.5. The number of methoxy groups -OCH3 is 2. The van der Waals surface area contributed by atoms with Crippen molar-refractivity contribution in [2.75, 3.05) is 14.2 Å². The zero-order valence-electron chi connectivity index (χ0n) is 15.5. The van der Waals surface area contributed by atoms with Crippen molar-refractivity contribution in [3.05, 3.63) is 95.6 Å². The standard InChI is InChI=1S/C21H20O2.BF4/c1-22-19-12-8-17(9-13-19)21(16-6-4-3-5-7-16)18-10-14-20(23-2)15-11-18;2-1(3,4)5/h3-15,21H,1-2H3;/q;-1. The summed E-state index contributed by atoms with van der Waals surface area (Å²) >= 11 is 0. The van der Waals surface area contributed by atoms with Gasteiger partial charge in [-0.25, -0.2) is 0 Å². The lowest BCUT2D eigenvalue weighted by Crippen LogP contribution is -2.03. The first-order valence-corrected chi connectivity index (χ1v) is 8.52. The van der Waals surface area contributed by atoms with E-state index in [9.17, 15) is 17.3 Å². The molecule has 7 heteroatoms. The minimum atomic E-state index is -6.00. The summed E-state index contributed by atoms with van der Waals surface area (Å²) in [6.45, 7) is 0. The lowest BCUT2D eigenvalue weighted by molar-refractivity contribution is 0.368. The monoisotopic (exact) mass is 391 g/mol. The highest BCUT2D eigenvalue weighted by molar-refractivity contribution is 6.50. The van der Waals surface area contributed by atoms with Crippen molar-refractivity contribution in [1.82, 2.24) is 0 Å². The fraction of sp³-hybridized carbons (Fsp3) is 0.143. The van der Waals surface area contributed by atoms with Crippen molar-refractivity contribution in [2.45, 2.75) is 5.92 Å². The highest BCUT2D eigenvalue weighted by Gasteiger charge is 2.20. The Bertz CT molecular complexity index is 782. The van der Waals surface area contributed by atoms with Crippen LogP contribution in [0, 0.1) is 0 Å². The van der Waals surface area contributed by atoms with Crippen molar-refractivity contribution in [3.8, 4) is 11.5 Å². The molecule has 0 aliphatic carbocycles. The Balaban J connectivity index is 0.000000500. The van der Waals surface area contributed by atoms with Crippen LogP contribution in [0.3, 0.4) is 0 Å². The van der Waals surface area contributed by atoms with E-state index in [0.717, 1.165) is 11.5 Å². The van der Waals surface area contributed by atoms with E-state index in [1.165, 1.54) is 16.7 Å². The summed E-state index contributed by atoms with van der Waals surface area (Å²) in [5.41, 5.74) is 3.74. The minimum Gasteiger partial charge on any atom is -0.497 e. The number of rotatable bonds is 5. The van der Waals surface area contributed by atoms with Crippen LogP contribution in [0.25, 0.3) is 0 Å². The fourth-order valence-corrected chi connectivity index (χ4v) is 2.82. The number of benzene rings is 3. The first kappa shape index (κ1) is 21.3. The highest BCUT2D eigenvalue weighted by Crippen LogP contribution is 2.33. The van der Waals surface area contributed by atoms with Gasteiger partial charge in [0.05, 0.1) is 14.2 Å². The van der Waals surface area contributed by atoms with Crippen LogP contribution in [-0.2, 0) is 0 Å². The lowest BCUT2D eigenvalue weighted by Gasteiger charge is -2.19. The molecule has 28 heavy (non-hydrogen) atoms. The summed E-state index contributed by atoms with van der Waals surface area (Å²) in [7, 11) is -2.62. The van der Waals surface area contributed by atoms with E-state index < -0.39 is 7.25 Å². The maximum absolute atomic E-state index is 9.75. The van der Waals surface area contributed by atoms with Gasteiger partial charge in [0.25, 0.3) is 0 Å². The van der Waals surface area contributed by atoms with Crippen LogP contribution in [-0.4, -0.2) is 21.5 Å². The number of hydrogen-bond acceptors (Lipinski definition) is 2. The van der Waals surface area contributed by atoms with Crippen molar-refractivity contribution >= 4 is 7.25 Å². The summed E-state index contributed by atoms with van der Waals surface area (Å²) in [6, 6.07) is 27.1. The molecule has 0 saturated heterocycles. The van der Waals surface area contributed by atoms with E-state index in [2.05, 4.69) is 48.5 Å². The molecule has 0 unspecified atom stereocenters. The van der Waals surface area contributed by atoms with E-state index in [1.54, 1.807) is 14.2 Å². The third kappa shape index (κ3) is 6.65. The van der Waals surface area contributed by atoms with Gasteiger partial charge >= 0.3 is 7.25 Å². The third-order valence-corrected chi connectivity index (χ3v) is 4.03. The van der Waals surface area contributed by atoms with E-state index in [0.29, 0.717) is 0 Å². The Morgan fingerprint density at radius 1 is 0.571 bits per heavy atom. The molecule has 0 saturated carbocycles. The van der Waals surface area contributed by atoms with Gasteiger partial charge in [0.15, 0.2) is 0 Å². The molecule has 0 aromatic heterocycles. The van der Waals surface area contributed by atoms with Crippen molar-refractivity contribution in [1.29, 1.82) is 0 Å². The Hall–Kier alpha value is -2.96. The second-order valence-corrected chi connectivity index (χ2v) is 5.88. The highest BCUT2D eigenvalue weighted by atomic mass is 19.5. The van der Waals surface area contributed by atoms with Crippen LogP contribution in [0.5, 0.6) is 11.5 Å². The Labute approximate surface area is 161 Å². The van der Waals surface area contributed by atoms with Gasteiger partial charge in [-0.2, -0.15) is 0 Å². The second kappa shape index (κ2) is 9.83. The third-order valence-electron chi connectivity index (χ3n) is 4.03. The number of ether oxygens (including phenoxy) is 2. The number of hydrogen-bond donors (Lipinski definition) is 0. The smallest absolute Gasteiger partial charge is 0.497 e. The molecule has 3 aromatic carbocycles. The Morgan fingerprint density at radius 2 is 0.893 bits per heavy atom. The molecule has 3 rings (SSSR count). The van der Waals surface area contributed by atoms with Gasteiger partial charge < -0.3 is 26.7 Å². The van der Waals surface area contributed by atoms with Crippen molar-refractivity contribution in [2.24, 2.45) is 0 Å². The van der Waals surface area contributed by atoms with Gasteiger partial charge in [-0.1, -0.05) is 54.6 Å². The summed E-state index contributed by atoms with van der Waals surface area (Å²) in [5, 5.41) is 0. The Morgan fingerprint density at radius 3 is 1.21 bits per heavy atom. The SMILES string of the molecule is COc1ccc(C(c2ccccc2)c2ccc(OC)cc2)cc1.F[B-](F)(F)F. The van der Waals surface area contributed by atoms with Crippen LogP contribution >= 0.6 is 0 Å². The maximum Gasteiger partial charge on any atom is 0.673 e. The molecule has 148 valence electrons. The van der Waals surface area contributed by atoms with E-state index in [4.69, 9.17) is 9.47 Å². The molecular formula is C21H20BF4O2-. The molecule has 3 aromatic rings. The number of halogens is 4. The molecule has 2 nitrogen and oxygen atoms in total. The van der Waals surface area contributed by atoms with Crippen LogP contribution in [0.15, 0.2) is 78.9 Å². The van der Waals surface area contributed by atoms with Crippen LogP contribution in [0.4, 0.5) is 17.3 Å². The average Bonchev–Trinajstić information content (AvgIpc) is 2.69. The summed E-state index contributed by atoms with van der Waals surface area (Å²) < 4.78 is 49.5. The van der Waals surface area contributed by atoms with Crippen molar-refractivity contribution in [3.63, 3.8) is 0 Å². The van der Waals surface area contributed by atoms with E-state index >= 15 is 0 Å². The quantitative estimate of drug-likeness (QED) is 0.294. The summed E-state index contributed by atoms with van der Waals surface area (Å²) in [4.78, 5) is 0. The first-order valence-electron chi connectivity index (χ1n) is 8.52. The van der Waals surface area contributed by atoms with E-state index in [1.807, 2.05) is 30.3 Å². The molecule has 0 radical (unpaired) electrons. The average molecular weight is 391 g/mol. The molecule has 0 bridgehead atoms. The molecule has 0 aliphatic rings. The predicted octanol–water partition coefficient (Wildman–Crippen LogP) is 6.18. The van der Waals surface area contributed by atoms with Gasteiger partial charge in [0.2, 0.25) is 0 Å². The molecule has 0 aliphatic heterocycles. The van der Waals surface area contributed by atoms with Gasteiger partial charge in [0.1, 0.15) is 11.5 Å². The van der Waals surface area contributed by atoms with Crippen LogP contribution in [0.1, 0.15) is 22.6 Å². The largest absolute Gasteiger partial charge is 0.673 e. The maximum atomic E-state index is 9.75. The van der Waals surface area contributed by atoms with Gasteiger partial charge in [0, 0.05) is 5.92 Å². The Kier molecular flexibility index (Phi) is 7.49. The molecular weight excluding hydrogens is 371 g/mol. The summed E-state index contributed by atoms with van der Waals surface area (Å²) in [5.74, 6) is 1.93. The summed E-state index contributed by atoms with van der Waals surface area (Å²) in [6.07, 6.45) is 0. The zero-order chi connectivity index (χ0) is 20.6. The van der Waals surface area contributed by atoms with Gasteiger partial charge in [-0.3, -0.25) is 0 Å². The van der Waals surface area contributed by atoms with Crippen molar-refractivity contribution < 1.29 is 26.7 Å². The molecule has 0 amide bonds. The van der Waals surface area contributed by atoms with Gasteiger partial charge in [-0.05, 0) is 41.0 Å². The van der Waals surface area contributed by atoms with E-state index in [-0.39, 0.29) is 5.92 Å². The van der Waals surface area contributed by atoms with Crippen LogP contribution in [0.2, 0.25) is 0 Å². The molecule has 0 fully saturated rings. The fourth-order valence-electron chi connectivity index (χ4n) is 2.82. The molecule has 0 heterocycles. The second-order valence-electron chi connectivity index (χ2n) is 5.88. The lowest BCUT2D eigenvalue weighted by atomic mass is 9.85.